The summed E-state index contributed by atoms with van der Waals surface area (Å²) in [5.41, 5.74) is 1.15. The summed E-state index contributed by atoms with van der Waals surface area (Å²) in [7, 11) is 0. The van der Waals surface area contributed by atoms with Gasteiger partial charge in [-0.1, -0.05) is 19.4 Å². The first kappa shape index (κ1) is 16.5. The van der Waals surface area contributed by atoms with Crippen LogP contribution in [0, 0.1) is 12.8 Å². The first-order valence-electron chi connectivity index (χ1n) is 8.38. The molecule has 1 aliphatic carbocycles. The summed E-state index contributed by atoms with van der Waals surface area (Å²) >= 11 is 0. The molecule has 1 atom stereocenters. The second-order valence-electron chi connectivity index (χ2n) is 6.38. The van der Waals surface area contributed by atoms with Gasteiger partial charge in [-0.15, -0.1) is 0 Å². The molecular formula is C18H22N2O4. The van der Waals surface area contributed by atoms with Crippen LogP contribution in [0.15, 0.2) is 21.3 Å². The Kier molecular flexibility index (Phi) is 4.55. The van der Waals surface area contributed by atoms with Crippen LogP contribution in [-0.4, -0.2) is 17.0 Å². The number of ether oxygens (including phenoxy) is 1. The summed E-state index contributed by atoms with van der Waals surface area (Å²) in [5, 5.41) is 3.07. The highest BCUT2D eigenvalue weighted by Crippen LogP contribution is 2.37. The van der Waals surface area contributed by atoms with E-state index in [1.54, 1.807) is 12.1 Å². The zero-order valence-corrected chi connectivity index (χ0v) is 14.2. The Morgan fingerprint density at radius 2 is 2.21 bits per heavy atom. The minimum absolute atomic E-state index is 0.0185. The molecule has 1 unspecified atom stereocenters. The second-order valence-corrected chi connectivity index (χ2v) is 6.38. The van der Waals surface area contributed by atoms with Gasteiger partial charge in [-0.25, -0.2) is 4.79 Å². The van der Waals surface area contributed by atoms with Crippen LogP contribution in [0.5, 0.6) is 6.08 Å². The molecule has 0 radical (unpaired) electrons. The Hall–Kier alpha value is -2.37. The number of amides is 1. The number of rotatable bonds is 6. The number of hydrogen-bond acceptors (Lipinski definition) is 5. The number of carbonyl (C=O) groups excluding carboxylic acids is 1. The maximum atomic E-state index is 12.4. The number of aromatic nitrogens is 1. The molecular weight excluding hydrogens is 308 g/mol. The number of carbonyl (C=O) groups is 1. The molecule has 0 bridgehead atoms. The van der Waals surface area contributed by atoms with E-state index < -0.39 is 5.63 Å². The number of fused-ring (bicyclic) bond motifs is 1. The van der Waals surface area contributed by atoms with Crippen LogP contribution in [0.25, 0.3) is 10.9 Å². The van der Waals surface area contributed by atoms with Crippen molar-refractivity contribution in [3.8, 4) is 6.08 Å². The highest BCUT2D eigenvalue weighted by Gasteiger charge is 2.33. The van der Waals surface area contributed by atoms with Gasteiger partial charge in [0.1, 0.15) is 11.6 Å². The molecule has 0 spiro atoms. The molecule has 6 nitrogen and oxygen atoms in total. The van der Waals surface area contributed by atoms with Crippen molar-refractivity contribution in [1.82, 2.24) is 4.98 Å². The minimum Gasteiger partial charge on any atom is -0.447 e. The molecule has 0 saturated heterocycles. The van der Waals surface area contributed by atoms with Crippen LogP contribution in [0.2, 0.25) is 0 Å². The molecule has 1 N–H and O–H groups in total. The fraction of sp³-hybridized carbons (Fsp3) is 0.500. The number of aryl methyl sites for hydroxylation is 1. The molecule has 3 rings (SSSR count). The zero-order valence-electron chi connectivity index (χ0n) is 14.2. The summed E-state index contributed by atoms with van der Waals surface area (Å²) in [6.07, 6.45) is 4.18. The first-order valence-corrected chi connectivity index (χ1v) is 8.38. The van der Waals surface area contributed by atoms with Gasteiger partial charge in [0.05, 0.1) is 11.1 Å². The summed E-state index contributed by atoms with van der Waals surface area (Å²) in [5.74, 6) is 0.291. The Balaban J connectivity index is 2.03. The lowest BCUT2D eigenvalue weighted by Crippen LogP contribution is -2.20. The average Bonchev–Trinajstić information content (AvgIpc) is 3.34. The Bertz CT molecular complexity index is 824. The summed E-state index contributed by atoms with van der Waals surface area (Å²) in [6, 6.07) is 3.50. The van der Waals surface area contributed by atoms with Crippen molar-refractivity contribution in [3.63, 3.8) is 0 Å². The van der Waals surface area contributed by atoms with Gasteiger partial charge in [-0.3, -0.25) is 4.79 Å². The maximum absolute atomic E-state index is 12.4. The first-order chi connectivity index (χ1) is 11.5. The van der Waals surface area contributed by atoms with E-state index in [4.69, 9.17) is 9.15 Å². The number of hydrogen-bond donors (Lipinski definition) is 1. The molecule has 1 aliphatic rings. The van der Waals surface area contributed by atoms with Crippen molar-refractivity contribution < 1.29 is 13.9 Å². The standard InChI is InChI=1S/C18H22N2O4/c1-4-5-14(12-7-8-12)23-18-20-16-13(19-11(3)21)9-6-10(2)15(16)17(22)24-18/h6,9,12,14H,4-5,7-8H2,1-3H3,(H,19,21). The normalized spacial score (nSPS) is 15.3. The van der Waals surface area contributed by atoms with E-state index in [9.17, 15) is 9.59 Å². The van der Waals surface area contributed by atoms with E-state index in [0.717, 1.165) is 31.2 Å². The molecule has 6 heteroatoms. The topological polar surface area (TPSA) is 81.4 Å². The minimum atomic E-state index is -0.495. The molecule has 128 valence electrons. The van der Waals surface area contributed by atoms with Gasteiger partial charge in [0.2, 0.25) is 5.91 Å². The zero-order chi connectivity index (χ0) is 17.3. The van der Waals surface area contributed by atoms with Gasteiger partial charge >= 0.3 is 11.7 Å². The number of anilines is 1. The van der Waals surface area contributed by atoms with Crippen molar-refractivity contribution in [2.24, 2.45) is 5.92 Å². The molecule has 2 aromatic rings. The van der Waals surface area contributed by atoms with Gasteiger partial charge in [0.15, 0.2) is 0 Å². The Morgan fingerprint density at radius 3 is 2.83 bits per heavy atom. The Morgan fingerprint density at radius 1 is 1.46 bits per heavy atom. The smallest absolute Gasteiger partial charge is 0.397 e. The fourth-order valence-electron chi connectivity index (χ4n) is 2.92. The molecule has 1 heterocycles. The lowest BCUT2D eigenvalue weighted by atomic mass is 10.1. The third-order valence-corrected chi connectivity index (χ3v) is 4.26. The van der Waals surface area contributed by atoms with Crippen LogP contribution in [0.4, 0.5) is 5.69 Å². The summed E-state index contributed by atoms with van der Waals surface area (Å²) in [6.45, 7) is 5.32. The van der Waals surface area contributed by atoms with Gasteiger partial charge < -0.3 is 14.5 Å². The lowest BCUT2D eigenvalue weighted by Gasteiger charge is -2.16. The van der Waals surface area contributed by atoms with Crippen LogP contribution in [0.3, 0.4) is 0 Å². The Labute approximate surface area is 140 Å². The maximum Gasteiger partial charge on any atom is 0.397 e. The van der Waals surface area contributed by atoms with E-state index >= 15 is 0 Å². The average molecular weight is 330 g/mol. The van der Waals surface area contributed by atoms with Crippen molar-refractivity contribution in [2.75, 3.05) is 5.32 Å². The van der Waals surface area contributed by atoms with Crippen molar-refractivity contribution in [1.29, 1.82) is 0 Å². The highest BCUT2D eigenvalue weighted by atomic mass is 16.6. The van der Waals surface area contributed by atoms with E-state index in [0.29, 0.717) is 22.5 Å². The molecule has 24 heavy (non-hydrogen) atoms. The predicted molar refractivity (Wildman–Crippen MR) is 91.4 cm³/mol. The van der Waals surface area contributed by atoms with E-state index in [2.05, 4.69) is 17.2 Å². The van der Waals surface area contributed by atoms with Crippen molar-refractivity contribution >= 4 is 22.5 Å². The van der Waals surface area contributed by atoms with Gasteiger partial charge in [0.25, 0.3) is 0 Å². The largest absolute Gasteiger partial charge is 0.447 e. The van der Waals surface area contributed by atoms with Crippen LogP contribution >= 0.6 is 0 Å². The summed E-state index contributed by atoms with van der Waals surface area (Å²) < 4.78 is 11.2. The molecule has 1 fully saturated rings. The number of nitrogens with zero attached hydrogens (tertiary/aromatic N) is 1. The molecule has 1 saturated carbocycles. The van der Waals surface area contributed by atoms with Crippen molar-refractivity contribution in [3.05, 3.63) is 28.1 Å². The van der Waals surface area contributed by atoms with E-state index in [1.165, 1.54) is 6.92 Å². The van der Waals surface area contributed by atoms with E-state index in [1.807, 2.05) is 6.92 Å². The number of nitrogens with one attached hydrogen (secondary N) is 1. The van der Waals surface area contributed by atoms with Gasteiger partial charge in [-0.2, -0.15) is 4.98 Å². The molecule has 1 amide bonds. The van der Waals surface area contributed by atoms with Crippen molar-refractivity contribution in [2.45, 2.75) is 52.6 Å². The quantitative estimate of drug-likeness (QED) is 0.877. The lowest BCUT2D eigenvalue weighted by molar-refractivity contribution is -0.114. The van der Waals surface area contributed by atoms with Crippen LogP contribution in [-0.2, 0) is 4.79 Å². The van der Waals surface area contributed by atoms with Gasteiger partial charge in [-0.05, 0) is 43.7 Å². The third kappa shape index (κ3) is 3.42. The van der Waals surface area contributed by atoms with E-state index in [-0.39, 0.29) is 18.1 Å². The third-order valence-electron chi connectivity index (χ3n) is 4.26. The molecule has 1 aromatic heterocycles. The number of benzene rings is 1. The molecule has 1 aromatic carbocycles. The second kappa shape index (κ2) is 6.63. The SMILES string of the molecule is CCCC(Oc1nc2c(NC(C)=O)ccc(C)c2c(=O)o1)C1CC1. The van der Waals surface area contributed by atoms with Crippen LogP contribution in [0.1, 0.15) is 45.1 Å². The highest BCUT2D eigenvalue weighted by molar-refractivity contribution is 6.00. The molecule has 0 aliphatic heterocycles. The predicted octanol–water partition coefficient (Wildman–Crippen LogP) is 3.41. The fourth-order valence-corrected chi connectivity index (χ4v) is 2.92. The summed E-state index contributed by atoms with van der Waals surface area (Å²) in [4.78, 5) is 28.2. The monoisotopic (exact) mass is 330 g/mol. The van der Waals surface area contributed by atoms with Gasteiger partial charge in [0, 0.05) is 6.92 Å². The van der Waals surface area contributed by atoms with Crippen LogP contribution < -0.4 is 15.7 Å².